The third kappa shape index (κ3) is 4.25. The second-order valence-corrected chi connectivity index (χ2v) is 5.80. The average Bonchev–Trinajstić information content (AvgIpc) is 2.53. The second-order valence-electron chi connectivity index (χ2n) is 5.80. The largest absolute Gasteiger partial charge is 0.495 e. The lowest BCUT2D eigenvalue weighted by Gasteiger charge is -2.17. The molecule has 4 nitrogen and oxygen atoms in total. The quantitative estimate of drug-likeness (QED) is 0.841. The Kier molecular flexibility index (Phi) is 5.63. The molecule has 0 heterocycles. The summed E-state index contributed by atoms with van der Waals surface area (Å²) in [6.45, 7) is 6.55. The van der Waals surface area contributed by atoms with Crippen molar-refractivity contribution >= 4 is 17.3 Å². The minimum absolute atomic E-state index is 0.104. The number of nitrogens with one attached hydrogen (secondary N) is 2. The molecular weight excluding hydrogens is 288 g/mol. The van der Waals surface area contributed by atoms with Gasteiger partial charge in [0.25, 0.3) is 0 Å². The fourth-order valence-electron chi connectivity index (χ4n) is 2.52. The van der Waals surface area contributed by atoms with Gasteiger partial charge in [0.1, 0.15) is 5.75 Å². The van der Waals surface area contributed by atoms with E-state index in [2.05, 4.69) is 30.5 Å². The van der Waals surface area contributed by atoms with Crippen LogP contribution in [0.5, 0.6) is 5.75 Å². The van der Waals surface area contributed by atoms with E-state index in [1.54, 1.807) is 7.11 Å². The van der Waals surface area contributed by atoms with Gasteiger partial charge in [0.05, 0.1) is 19.3 Å². The number of aryl methyl sites for hydroxylation is 1. The molecule has 0 saturated carbocycles. The van der Waals surface area contributed by atoms with E-state index < -0.39 is 0 Å². The number of hydrogen-bond donors (Lipinski definition) is 2. The van der Waals surface area contributed by atoms with E-state index in [9.17, 15) is 4.79 Å². The third-order valence-corrected chi connectivity index (χ3v) is 3.73. The molecule has 0 aliphatic heterocycles. The first-order chi connectivity index (χ1) is 11.0. The lowest BCUT2D eigenvalue weighted by atomic mass is 9.98. The molecule has 1 amide bonds. The molecule has 2 aromatic rings. The number of methoxy groups -OCH3 is 1. The topological polar surface area (TPSA) is 50.4 Å². The van der Waals surface area contributed by atoms with Crippen LogP contribution in [0.1, 0.15) is 30.9 Å². The van der Waals surface area contributed by atoms with Crippen molar-refractivity contribution in [3.05, 3.63) is 53.6 Å². The third-order valence-electron chi connectivity index (χ3n) is 3.73. The van der Waals surface area contributed by atoms with Crippen LogP contribution in [-0.4, -0.2) is 19.6 Å². The fourth-order valence-corrected chi connectivity index (χ4v) is 2.52. The Morgan fingerprint density at radius 3 is 2.57 bits per heavy atom. The Morgan fingerprint density at radius 1 is 1.13 bits per heavy atom. The van der Waals surface area contributed by atoms with Gasteiger partial charge in [-0.2, -0.15) is 0 Å². The predicted octanol–water partition coefficient (Wildman–Crippen LogP) is 4.18. The summed E-state index contributed by atoms with van der Waals surface area (Å²) in [7, 11) is 1.59. The Labute approximate surface area is 137 Å². The van der Waals surface area contributed by atoms with Crippen LogP contribution in [0.25, 0.3) is 0 Å². The molecule has 0 fully saturated rings. The highest BCUT2D eigenvalue weighted by Gasteiger charge is 2.11. The Balaban J connectivity index is 2.05. The summed E-state index contributed by atoms with van der Waals surface area (Å²) in [6, 6.07) is 13.6. The number of carbonyl (C=O) groups is 1. The number of carbonyl (C=O) groups excluding carboxylic acids is 1. The van der Waals surface area contributed by atoms with Crippen LogP contribution in [0.2, 0.25) is 0 Å². The first-order valence-electron chi connectivity index (χ1n) is 7.79. The maximum absolute atomic E-state index is 12.2. The molecule has 0 saturated heterocycles. The highest BCUT2D eigenvalue weighted by atomic mass is 16.5. The van der Waals surface area contributed by atoms with Gasteiger partial charge in [0.15, 0.2) is 0 Å². The van der Waals surface area contributed by atoms with Crippen molar-refractivity contribution < 1.29 is 9.53 Å². The molecule has 4 heteroatoms. The number of benzene rings is 2. The van der Waals surface area contributed by atoms with Crippen molar-refractivity contribution in [2.24, 2.45) is 0 Å². The molecule has 0 spiro atoms. The van der Waals surface area contributed by atoms with Crippen molar-refractivity contribution in [2.75, 3.05) is 24.3 Å². The standard InChI is InChI=1S/C19H24N2O2/c1-13(2)15-9-7-8-14(3)19(15)20-12-18(22)21-16-10-5-6-11-17(16)23-4/h5-11,13,20H,12H2,1-4H3,(H,21,22). The summed E-state index contributed by atoms with van der Waals surface area (Å²) in [4.78, 5) is 12.2. The van der Waals surface area contributed by atoms with E-state index in [1.807, 2.05) is 43.3 Å². The summed E-state index contributed by atoms with van der Waals surface area (Å²) < 4.78 is 5.24. The average molecular weight is 312 g/mol. The van der Waals surface area contributed by atoms with Gasteiger partial charge < -0.3 is 15.4 Å². The van der Waals surface area contributed by atoms with Gasteiger partial charge in [-0.05, 0) is 36.1 Å². The van der Waals surface area contributed by atoms with E-state index in [0.29, 0.717) is 17.4 Å². The van der Waals surface area contributed by atoms with Crippen molar-refractivity contribution in [2.45, 2.75) is 26.7 Å². The molecule has 122 valence electrons. The molecule has 0 unspecified atom stereocenters. The summed E-state index contributed by atoms with van der Waals surface area (Å²) in [5.41, 5.74) is 4.07. The number of anilines is 2. The number of amides is 1. The molecule has 2 N–H and O–H groups in total. The number of rotatable bonds is 6. The van der Waals surface area contributed by atoms with Crippen molar-refractivity contribution in [3.63, 3.8) is 0 Å². The summed E-state index contributed by atoms with van der Waals surface area (Å²) >= 11 is 0. The first kappa shape index (κ1) is 16.9. The highest BCUT2D eigenvalue weighted by molar-refractivity contribution is 5.95. The summed E-state index contributed by atoms with van der Waals surface area (Å²) in [5, 5.41) is 6.14. The minimum Gasteiger partial charge on any atom is -0.495 e. The van der Waals surface area contributed by atoms with Crippen LogP contribution < -0.4 is 15.4 Å². The maximum Gasteiger partial charge on any atom is 0.243 e. The lowest BCUT2D eigenvalue weighted by Crippen LogP contribution is -2.23. The molecule has 0 radical (unpaired) electrons. The zero-order valence-corrected chi connectivity index (χ0v) is 14.1. The van der Waals surface area contributed by atoms with Gasteiger partial charge in [-0.1, -0.05) is 44.2 Å². The van der Waals surface area contributed by atoms with Crippen LogP contribution in [0.15, 0.2) is 42.5 Å². The van der Waals surface area contributed by atoms with Crippen molar-refractivity contribution in [1.29, 1.82) is 0 Å². The van der Waals surface area contributed by atoms with Gasteiger partial charge >= 0.3 is 0 Å². The zero-order chi connectivity index (χ0) is 16.8. The lowest BCUT2D eigenvalue weighted by molar-refractivity contribution is -0.114. The molecule has 0 bridgehead atoms. The molecule has 2 rings (SSSR count). The van der Waals surface area contributed by atoms with Gasteiger partial charge in [0.2, 0.25) is 5.91 Å². The molecule has 2 aromatic carbocycles. The minimum atomic E-state index is -0.104. The number of hydrogen-bond acceptors (Lipinski definition) is 3. The second kappa shape index (κ2) is 7.68. The summed E-state index contributed by atoms with van der Waals surface area (Å²) in [6.07, 6.45) is 0. The number of para-hydroxylation sites is 3. The van der Waals surface area contributed by atoms with Gasteiger partial charge in [0, 0.05) is 5.69 Å². The van der Waals surface area contributed by atoms with Gasteiger partial charge in [-0.25, -0.2) is 0 Å². The van der Waals surface area contributed by atoms with E-state index in [-0.39, 0.29) is 12.5 Å². The van der Waals surface area contributed by atoms with Crippen LogP contribution in [0, 0.1) is 6.92 Å². The Hall–Kier alpha value is -2.49. The normalized spacial score (nSPS) is 10.5. The molecule has 23 heavy (non-hydrogen) atoms. The fraction of sp³-hybridized carbons (Fsp3) is 0.316. The molecule has 0 aromatic heterocycles. The first-order valence-corrected chi connectivity index (χ1v) is 7.79. The molecule has 0 aliphatic carbocycles. The summed E-state index contributed by atoms with van der Waals surface area (Å²) in [5.74, 6) is 0.946. The Bertz CT molecular complexity index is 681. The predicted molar refractivity (Wildman–Crippen MR) is 95.4 cm³/mol. The van der Waals surface area contributed by atoms with Crippen LogP contribution in [0.4, 0.5) is 11.4 Å². The van der Waals surface area contributed by atoms with E-state index in [4.69, 9.17) is 4.74 Å². The van der Waals surface area contributed by atoms with Crippen LogP contribution in [0.3, 0.4) is 0 Å². The number of ether oxygens (including phenoxy) is 1. The van der Waals surface area contributed by atoms with Crippen LogP contribution in [-0.2, 0) is 4.79 Å². The van der Waals surface area contributed by atoms with Gasteiger partial charge in [-0.15, -0.1) is 0 Å². The van der Waals surface area contributed by atoms with E-state index in [0.717, 1.165) is 11.3 Å². The van der Waals surface area contributed by atoms with Crippen LogP contribution >= 0.6 is 0 Å². The molecule has 0 atom stereocenters. The van der Waals surface area contributed by atoms with E-state index >= 15 is 0 Å². The highest BCUT2D eigenvalue weighted by Crippen LogP contribution is 2.27. The molecule has 0 aliphatic rings. The monoisotopic (exact) mass is 312 g/mol. The van der Waals surface area contributed by atoms with Crippen molar-refractivity contribution in [3.8, 4) is 5.75 Å². The van der Waals surface area contributed by atoms with Crippen molar-refractivity contribution in [1.82, 2.24) is 0 Å². The smallest absolute Gasteiger partial charge is 0.243 e. The zero-order valence-electron chi connectivity index (χ0n) is 14.1. The Morgan fingerprint density at radius 2 is 1.87 bits per heavy atom. The van der Waals surface area contributed by atoms with Gasteiger partial charge in [-0.3, -0.25) is 4.79 Å². The SMILES string of the molecule is COc1ccccc1NC(=O)CNc1c(C)cccc1C(C)C. The van der Waals surface area contributed by atoms with E-state index in [1.165, 1.54) is 5.56 Å². The maximum atomic E-state index is 12.2. The molecular formula is C19H24N2O2.